The molecular weight excluding hydrogens is 196 g/mol. The van der Waals surface area contributed by atoms with Gasteiger partial charge in [-0.15, -0.1) is 0 Å². The first-order chi connectivity index (χ1) is 6.74. The molecule has 3 aliphatic heterocycles. The van der Waals surface area contributed by atoms with Crippen LogP contribution in [0.5, 0.6) is 0 Å². The second kappa shape index (κ2) is 2.92. The number of hydrogen-bond donors (Lipinski definition) is 0. The third-order valence-electron chi connectivity index (χ3n) is 3.55. The van der Waals surface area contributed by atoms with E-state index in [0.29, 0.717) is 6.10 Å². The zero-order valence-electron chi connectivity index (χ0n) is 8.49. The van der Waals surface area contributed by atoms with Crippen LogP contribution in [0.3, 0.4) is 0 Å². The molecule has 0 aliphatic carbocycles. The van der Waals surface area contributed by atoms with E-state index in [1.165, 1.54) is 0 Å². The molecule has 0 saturated carbocycles. The lowest BCUT2D eigenvalue weighted by Gasteiger charge is -2.41. The lowest BCUT2D eigenvalue weighted by Crippen LogP contribution is -2.61. The fraction of sp³-hybridized carbons (Fsp3) is 0.800. The standard InChI is InChI=1S/C10H16O3Si/c1-14(11-7-2-8-12-14)10-5-3-9(13-10)4-6-10/h3,5,9H,2,4,6-8H2,1H3. The van der Waals surface area contributed by atoms with Gasteiger partial charge in [0, 0.05) is 13.2 Å². The quantitative estimate of drug-likeness (QED) is 0.487. The minimum absolute atomic E-state index is 0.169. The van der Waals surface area contributed by atoms with Crippen LogP contribution >= 0.6 is 0 Å². The van der Waals surface area contributed by atoms with Crippen LogP contribution in [-0.4, -0.2) is 33.1 Å². The van der Waals surface area contributed by atoms with Gasteiger partial charge in [-0.2, -0.15) is 0 Å². The molecule has 0 aromatic rings. The molecule has 0 amide bonds. The minimum Gasteiger partial charge on any atom is -0.392 e. The Labute approximate surface area is 85.3 Å². The molecule has 3 heterocycles. The molecule has 3 nitrogen and oxygen atoms in total. The van der Waals surface area contributed by atoms with Gasteiger partial charge in [-0.3, -0.25) is 0 Å². The van der Waals surface area contributed by atoms with Crippen molar-refractivity contribution in [3.05, 3.63) is 12.2 Å². The van der Waals surface area contributed by atoms with Crippen molar-refractivity contribution in [3.63, 3.8) is 0 Å². The molecule has 0 N–H and O–H groups in total. The van der Waals surface area contributed by atoms with Crippen molar-refractivity contribution in [3.8, 4) is 0 Å². The van der Waals surface area contributed by atoms with Crippen LogP contribution in [0.1, 0.15) is 19.3 Å². The van der Waals surface area contributed by atoms with Crippen molar-refractivity contribution in [1.29, 1.82) is 0 Å². The highest BCUT2D eigenvalue weighted by Gasteiger charge is 2.60. The highest BCUT2D eigenvalue weighted by molar-refractivity contribution is 6.70. The van der Waals surface area contributed by atoms with Crippen LogP contribution in [0.2, 0.25) is 6.55 Å². The van der Waals surface area contributed by atoms with Gasteiger partial charge in [0.1, 0.15) is 5.22 Å². The molecule has 14 heavy (non-hydrogen) atoms. The molecule has 0 aromatic carbocycles. The fourth-order valence-corrected chi connectivity index (χ4v) is 5.63. The minimum atomic E-state index is -2.12. The normalized spacial score (nSPS) is 44.5. The summed E-state index contributed by atoms with van der Waals surface area (Å²) in [6, 6.07) is 0. The Hall–Kier alpha value is -0.163. The first kappa shape index (κ1) is 9.09. The molecule has 2 fully saturated rings. The first-order valence-corrected chi connectivity index (χ1v) is 7.71. The molecule has 2 bridgehead atoms. The van der Waals surface area contributed by atoms with Crippen LogP contribution in [-0.2, 0) is 13.6 Å². The third kappa shape index (κ3) is 1.08. The largest absolute Gasteiger partial charge is 0.392 e. The van der Waals surface area contributed by atoms with E-state index in [2.05, 4.69) is 18.7 Å². The van der Waals surface area contributed by atoms with Gasteiger partial charge in [-0.25, -0.2) is 0 Å². The summed E-state index contributed by atoms with van der Waals surface area (Å²) in [6.07, 6.45) is 7.92. The highest BCUT2D eigenvalue weighted by Crippen LogP contribution is 2.45. The van der Waals surface area contributed by atoms with Crippen molar-refractivity contribution in [2.75, 3.05) is 13.2 Å². The monoisotopic (exact) mass is 212 g/mol. The van der Waals surface area contributed by atoms with Gasteiger partial charge in [0.2, 0.25) is 0 Å². The predicted molar refractivity (Wildman–Crippen MR) is 54.1 cm³/mol. The Bertz CT molecular complexity index is 273. The van der Waals surface area contributed by atoms with Crippen LogP contribution in [0.15, 0.2) is 12.2 Å². The van der Waals surface area contributed by atoms with Crippen molar-refractivity contribution in [1.82, 2.24) is 0 Å². The number of rotatable bonds is 1. The summed E-state index contributed by atoms with van der Waals surface area (Å²) in [7, 11) is -2.12. The summed E-state index contributed by atoms with van der Waals surface area (Å²) in [6.45, 7) is 3.82. The van der Waals surface area contributed by atoms with Gasteiger partial charge in [-0.05, 0) is 25.8 Å². The number of ether oxygens (including phenoxy) is 1. The van der Waals surface area contributed by atoms with Crippen molar-refractivity contribution in [2.24, 2.45) is 0 Å². The molecule has 4 heteroatoms. The Morgan fingerprint density at radius 3 is 2.64 bits per heavy atom. The van der Waals surface area contributed by atoms with Crippen molar-refractivity contribution < 1.29 is 13.6 Å². The van der Waals surface area contributed by atoms with Gasteiger partial charge in [0.05, 0.1) is 6.10 Å². The van der Waals surface area contributed by atoms with E-state index in [4.69, 9.17) is 13.6 Å². The average Bonchev–Trinajstić information content (AvgIpc) is 2.80. The lowest BCUT2D eigenvalue weighted by atomic mass is 10.1. The number of fused-ring (bicyclic) bond motifs is 2. The van der Waals surface area contributed by atoms with Gasteiger partial charge in [0.15, 0.2) is 0 Å². The molecule has 2 atom stereocenters. The Morgan fingerprint density at radius 1 is 1.36 bits per heavy atom. The second-order valence-electron chi connectivity index (χ2n) is 4.44. The summed E-state index contributed by atoms with van der Waals surface area (Å²) in [5.74, 6) is 0. The molecular formula is C10H16O3Si. The summed E-state index contributed by atoms with van der Waals surface area (Å²) >= 11 is 0. The summed E-state index contributed by atoms with van der Waals surface area (Å²) in [4.78, 5) is 0. The maximum Gasteiger partial charge on any atom is 0.372 e. The molecule has 3 rings (SSSR count). The lowest BCUT2D eigenvalue weighted by molar-refractivity contribution is 0.0116. The maximum absolute atomic E-state index is 6.00. The van der Waals surface area contributed by atoms with E-state index in [1.54, 1.807) is 0 Å². The van der Waals surface area contributed by atoms with Gasteiger partial charge in [0.25, 0.3) is 0 Å². The van der Waals surface area contributed by atoms with E-state index < -0.39 is 8.56 Å². The molecule has 78 valence electrons. The van der Waals surface area contributed by atoms with Gasteiger partial charge < -0.3 is 13.6 Å². The van der Waals surface area contributed by atoms with E-state index in [9.17, 15) is 0 Å². The second-order valence-corrected chi connectivity index (χ2v) is 7.75. The van der Waals surface area contributed by atoms with Gasteiger partial charge >= 0.3 is 8.56 Å². The Balaban J connectivity index is 1.89. The van der Waals surface area contributed by atoms with Crippen LogP contribution in [0.4, 0.5) is 0 Å². The molecule has 0 aromatic heterocycles. The SMILES string of the molecule is C[Si]1(C23C=CC(CC2)O3)OCCCO1. The Kier molecular flexibility index (Phi) is 1.89. The highest BCUT2D eigenvalue weighted by atomic mass is 28.4. The third-order valence-corrected chi connectivity index (χ3v) is 7.14. The van der Waals surface area contributed by atoms with E-state index in [0.717, 1.165) is 32.5 Å². The van der Waals surface area contributed by atoms with E-state index >= 15 is 0 Å². The molecule has 2 saturated heterocycles. The molecule has 3 aliphatic rings. The summed E-state index contributed by atoms with van der Waals surface area (Å²) < 4.78 is 17.8. The zero-order chi connectivity index (χ0) is 9.65. The van der Waals surface area contributed by atoms with Crippen molar-refractivity contribution >= 4 is 8.56 Å². The van der Waals surface area contributed by atoms with Crippen LogP contribution < -0.4 is 0 Å². The van der Waals surface area contributed by atoms with Crippen LogP contribution in [0.25, 0.3) is 0 Å². The first-order valence-electron chi connectivity index (χ1n) is 5.39. The van der Waals surface area contributed by atoms with Crippen LogP contribution in [0, 0.1) is 0 Å². The fourth-order valence-electron chi connectivity index (χ4n) is 2.63. The van der Waals surface area contributed by atoms with E-state index in [1.807, 2.05) is 0 Å². The van der Waals surface area contributed by atoms with Gasteiger partial charge in [-0.1, -0.05) is 12.2 Å². The average molecular weight is 212 g/mol. The van der Waals surface area contributed by atoms with Crippen molar-refractivity contribution in [2.45, 2.75) is 37.1 Å². The Morgan fingerprint density at radius 2 is 2.14 bits per heavy atom. The topological polar surface area (TPSA) is 27.7 Å². The molecule has 2 unspecified atom stereocenters. The zero-order valence-corrected chi connectivity index (χ0v) is 9.49. The smallest absolute Gasteiger partial charge is 0.372 e. The summed E-state index contributed by atoms with van der Waals surface area (Å²) in [5.41, 5.74) is 0. The van der Waals surface area contributed by atoms with E-state index in [-0.39, 0.29) is 5.22 Å². The predicted octanol–water partition coefficient (Wildman–Crippen LogP) is 1.52. The summed E-state index contributed by atoms with van der Waals surface area (Å²) in [5, 5.41) is -0.169. The maximum atomic E-state index is 6.00. The molecule has 0 radical (unpaired) electrons. The molecule has 0 spiro atoms. The number of hydrogen-bond acceptors (Lipinski definition) is 3.